The Balaban J connectivity index is 3.24. The molecule has 0 aliphatic rings. The first-order valence-corrected chi connectivity index (χ1v) is 4.59. The van der Waals surface area contributed by atoms with E-state index in [9.17, 15) is 0 Å². The molecule has 1 nitrogen and oxygen atoms in total. The monoisotopic (exact) mass is 262 g/mol. The summed E-state index contributed by atoms with van der Waals surface area (Å²) in [4.78, 5) is 0. The maximum Gasteiger partial charge on any atom is 0.0684 e. The first kappa shape index (κ1) is 9.00. The lowest BCUT2D eigenvalue weighted by molar-refractivity contribution is 0.281. The number of hydrogen-bond donors (Lipinski definition) is 1. The second-order valence-electron chi connectivity index (χ2n) is 2.69. The number of halogens is 1. The third-order valence-electron chi connectivity index (χ3n) is 1.77. The molecule has 1 aromatic rings. The fraction of sp³-hybridized carbons (Fsp3) is 0.333. The fourth-order valence-corrected chi connectivity index (χ4v) is 1.89. The molecule has 0 aromatic heterocycles. The van der Waals surface area contributed by atoms with Crippen molar-refractivity contribution in [2.24, 2.45) is 0 Å². The number of hydrogen-bond acceptors (Lipinski definition) is 1. The first-order valence-electron chi connectivity index (χ1n) is 3.51. The second-order valence-corrected chi connectivity index (χ2v) is 3.85. The summed E-state index contributed by atoms with van der Waals surface area (Å²) in [6.45, 7) is 4.22. The van der Waals surface area contributed by atoms with Crippen LogP contribution in [-0.2, 0) is 6.61 Å². The molecule has 0 saturated carbocycles. The van der Waals surface area contributed by atoms with Crippen LogP contribution in [0.1, 0.15) is 16.7 Å². The molecule has 0 amide bonds. The molecule has 1 rings (SSSR count). The highest BCUT2D eigenvalue weighted by atomic mass is 127. The Kier molecular flexibility index (Phi) is 2.90. The molecular weight excluding hydrogens is 251 g/mol. The predicted octanol–water partition coefficient (Wildman–Crippen LogP) is 2.40. The van der Waals surface area contributed by atoms with Crippen LogP contribution < -0.4 is 0 Å². The zero-order valence-corrected chi connectivity index (χ0v) is 8.84. The third-order valence-corrected chi connectivity index (χ3v) is 2.89. The number of aliphatic hydroxyl groups is 1. The van der Waals surface area contributed by atoms with Gasteiger partial charge in [0.15, 0.2) is 0 Å². The summed E-state index contributed by atoms with van der Waals surface area (Å²) in [7, 11) is 0. The second kappa shape index (κ2) is 3.54. The van der Waals surface area contributed by atoms with Gasteiger partial charge in [-0.25, -0.2) is 0 Å². The minimum Gasteiger partial charge on any atom is -0.392 e. The quantitative estimate of drug-likeness (QED) is 0.770. The van der Waals surface area contributed by atoms with Crippen LogP contribution in [0.4, 0.5) is 0 Å². The minimum absolute atomic E-state index is 0.142. The molecule has 0 heterocycles. The topological polar surface area (TPSA) is 20.2 Å². The van der Waals surface area contributed by atoms with Gasteiger partial charge in [0.1, 0.15) is 0 Å². The Labute approximate surface area is 80.6 Å². The molecule has 0 aliphatic carbocycles. The summed E-state index contributed by atoms with van der Waals surface area (Å²) in [6, 6.07) is 4.15. The lowest BCUT2D eigenvalue weighted by Gasteiger charge is -2.05. The summed E-state index contributed by atoms with van der Waals surface area (Å²) < 4.78 is 1.23. The zero-order chi connectivity index (χ0) is 8.43. The molecule has 2 heteroatoms. The molecule has 0 spiro atoms. The fourth-order valence-electron chi connectivity index (χ4n) is 1.05. The highest BCUT2D eigenvalue weighted by Gasteiger charge is 2.01. The van der Waals surface area contributed by atoms with Gasteiger partial charge in [0, 0.05) is 3.57 Å². The average Bonchev–Trinajstić information content (AvgIpc) is 1.96. The molecule has 0 fully saturated rings. The Morgan fingerprint density at radius 2 is 2.00 bits per heavy atom. The van der Waals surface area contributed by atoms with Gasteiger partial charge in [0.25, 0.3) is 0 Å². The van der Waals surface area contributed by atoms with Gasteiger partial charge in [-0.05, 0) is 59.2 Å². The van der Waals surface area contributed by atoms with Gasteiger partial charge >= 0.3 is 0 Å². The molecular formula is C9H11IO. The average molecular weight is 262 g/mol. The van der Waals surface area contributed by atoms with E-state index in [0.717, 1.165) is 5.56 Å². The van der Waals surface area contributed by atoms with E-state index >= 15 is 0 Å². The predicted molar refractivity (Wildman–Crippen MR) is 54.6 cm³/mol. The largest absolute Gasteiger partial charge is 0.392 e. The van der Waals surface area contributed by atoms with Crippen LogP contribution in [0.5, 0.6) is 0 Å². The van der Waals surface area contributed by atoms with E-state index < -0.39 is 0 Å². The Morgan fingerprint density at radius 3 is 2.55 bits per heavy atom. The molecule has 60 valence electrons. The standard InChI is InChI=1S/C9H11IO/c1-6-3-8(5-11)7(2)9(10)4-6/h3-4,11H,5H2,1-2H3. The van der Waals surface area contributed by atoms with E-state index in [2.05, 4.69) is 28.7 Å². The van der Waals surface area contributed by atoms with Crippen molar-refractivity contribution < 1.29 is 5.11 Å². The third kappa shape index (κ3) is 1.93. The van der Waals surface area contributed by atoms with Crippen molar-refractivity contribution >= 4 is 22.6 Å². The van der Waals surface area contributed by atoms with Crippen molar-refractivity contribution in [2.45, 2.75) is 20.5 Å². The summed E-state index contributed by atoms with van der Waals surface area (Å²) in [5, 5.41) is 8.96. The van der Waals surface area contributed by atoms with Gasteiger partial charge in [0.2, 0.25) is 0 Å². The van der Waals surface area contributed by atoms with Gasteiger partial charge in [-0.15, -0.1) is 0 Å². The smallest absolute Gasteiger partial charge is 0.0684 e. The lowest BCUT2D eigenvalue weighted by atomic mass is 10.1. The van der Waals surface area contributed by atoms with Crippen molar-refractivity contribution in [3.63, 3.8) is 0 Å². The molecule has 1 N–H and O–H groups in total. The van der Waals surface area contributed by atoms with E-state index in [1.54, 1.807) is 0 Å². The Hall–Kier alpha value is -0.0900. The molecule has 11 heavy (non-hydrogen) atoms. The van der Waals surface area contributed by atoms with Crippen molar-refractivity contribution in [2.75, 3.05) is 0 Å². The number of aryl methyl sites for hydroxylation is 1. The van der Waals surface area contributed by atoms with Gasteiger partial charge in [-0.2, -0.15) is 0 Å². The van der Waals surface area contributed by atoms with Gasteiger partial charge in [-0.3, -0.25) is 0 Å². The van der Waals surface area contributed by atoms with Crippen LogP contribution in [0.3, 0.4) is 0 Å². The van der Waals surface area contributed by atoms with E-state index in [1.165, 1.54) is 14.7 Å². The summed E-state index contributed by atoms with van der Waals surface area (Å²) >= 11 is 2.29. The van der Waals surface area contributed by atoms with Crippen LogP contribution in [0.2, 0.25) is 0 Å². The van der Waals surface area contributed by atoms with Crippen LogP contribution in [0, 0.1) is 17.4 Å². The molecule has 0 unspecified atom stereocenters. The highest BCUT2D eigenvalue weighted by Crippen LogP contribution is 2.18. The summed E-state index contributed by atoms with van der Waals surface area (Å²) in [5.74, 6) is 0. The first-order chi connectivity index (χ1) is 5.15. The highest BCUT2D eigenvalue weighted by molar-refractivity contribution is 14.1. The molecule has 1 aromatic carbocycles. The van der Waals surface area contributed by atoms with Crippen molar-refractivity contribution in [3.8, 4) is 0 Å². The van der Waals surface area contributed by atoms with Crippen molar-refractivity contribution in [1.82, 2.24) is 0 Å². The number of aliphatic hydroxyl groups excluding tert-OH is 1. The van der Waals surface area contributed by atoms with E-state index in [1.807, 2.05) is 19.9 Å². The van der Waals surface area contributed by atoms with Gasteiger partial charge in [-0.1, -0.05) is 6.07 Å². The summed E-state index contributed by atoms with van der Waals surface area (Å²) in [6.07, 6.45) is 0. The van der Waals surface area contributed by atoms with Gasteiger partial charge < -0.3 is 5.11 Å². The molecule has 0 radical (unpaired) electrons. The van der Waals surface area contributed by atoms with Crippen molar-refractivity contribution in [1.29, 1.82) is 0 Å². The Bertz CT molecular complexity index is 269. The minimum atomic E-state index is 0.142. The van der Waals surface area contributed by atoms with E-state index in [4.69, 9.17) is 5.11 Å². The molecule has 0 aliphatic heterocycles. The zero-order valence-electron chi connectivity index (χ0n) is 6.69. The van der Waals surface area contributed by atoms with Crippen LogP contribution in [-0.4, -0.2) is 5.11 Å². The van der Waals surface area contributed by atoms with E-state index in [0.29, 0.717) is 0 Å². The number of rotatable bonds is 1. The van der Waals surface area contributed by atoms with Crippen LogP contribution in [0.15, 0.2) is 12.1 Å². The maximum atomic E-state index is 8.96. The number of benzene rings is 1. The van der Waals surface area contributed by atoms with Crippen molar-refractivity contribution in [3.05, 3.63) is 32.4 Å². The lowest BCUT2D eigenvalue weighted by Crippen LogP contribution is -1.92. The normalized spacial score (nSPS) is 10.2. The maximum absolute atomic E-state index is 8.96. The summed E-state index contributed by atoms with van der Waals surface area (Å²) in [5.41, 5.74) is 3.44. The van der Waals surface area contributed by atoms with Gasteiger partial charge in [0.05, 0.1) is 6.61 Å². The molecule has 0 saturated heterocycles. The molecule has 0 atom stereocenters. The van der Waals surface area contributed by atoms with E-state index in [-0.39, 0.29) is 6.61 Å². The SMILES string of the molecule is Cc1cc(I)c(C)c(CO)c1. The Morgan fingerprint density at radius 1 is 1.36 bits per heavy atom. The van der Waals surface area contributed by atoms with Crippen LogP contribution in [0.25, 0.3) is 0 Å². The van der Waals surface area contributed by atoms with Crippen LogP contribution >= 0.6 is 22.6 Å². The molecule has 0 bridgehead atoms.